The Labute approximate surface area is 118 Å². The summed E-state index contributed by atoms with van der Waals surface area (Å²) in [5.74, 6) is 1.93. The van der Waals surface area contributed by atoms with E-state index in [1.807, 2.05) is 0 Å². The molecule has 1 fully saturated rings. The fraction of sp³-hybridized carbons (Fsp3) is 0.615. The minimum absolute atomic E-state index is 0.0915. The molecule has 0 aliphatic carbocycles. The molecular formula is C13H20N4OS. The molecule has 1 aromatic heterocycles. The van der Waals surface area contributed by atoms with Gasteiger partial charge in [0.25, 0.3) is 0 Å². The molecule has 1 saturated heterocycles. The van der Waals surface area contributed by atoms with Crippen LogP contribution in [-0.4, -0.2) is 53.2 Å². The number of carbonyl (C=O) groups excluding carboxylic acids is 1. The molecule has 1 atom stereocenters. The number of anilines is 1. The first-order chi connectivity index (χ1) is 9.13. The first-order valence-corrected chi connectivity index (χ1v) is 7.54. The molecule has 104 valence electrons. The molecule has 2 rings (SSSR count). The van der Waals surface area contributed by atoms with Crippen LogP contribution in [0.3, 0.4) is 0 Å². The first-order valence-electron chi connectivity index (χ1n) is 6.56. The summed E-state index contributed by atoms with van der Waals surface area (Å²) >= 11 is 1.67. The van der Waals surface area contributed by atoms with Crippen LogP contribution in [0.15, 0.2) is 17.4 Å². The lowest BCUT2D eigenvalue weighted by molar-refractivity contribution is -0.129. The molecule has 0 aromatic carbocycles. The standard InChI is InChI=1S/C13H20N4OS/c1-4-19-12-9-14-8-11(15-12)17-7-5-6-10(17)13(18)16(2)3/h8-10H,4-7H2,1-3H3/t10-/m1/s1. The van der Waals surface area contributed by atoms with Gasteiger partial charge < -0.3 is 9.80 Å². The zero-order valence-corrected chi connectivity index (χ0v) is 12.5. The molecule has 0 radical (unpaired) electrons. The maximum absolute atomic E-state index is 12.2. The van der Waals surface area contributed by atoms with Crippen molar-refractivity contribution in [2.45, 2.75) is 30.8 Å². The maximum Gasteiger partial charge on any atom is 0.244 e. The van der Waals surface area contributed by atoms with Gasteiger partial charge in [0.2, 0.25) is 5.91 Å². The van der Waals surface area contributed by atoms with Crippen LogP contribution in [0.25, 0.3) is 0 Å². The van der Waals surface area contributed by atoms with Crippen molar-refractivity contribution in [3.8, 4) is 0 Å². The zero-order valence-electron chi connectivity index (χ0n) is 11.7. The van der Waals surface area contributed by atoms with E-state index in [9.17, 15) is 4.79 Å². The van der Waals surface area contributed by atoms with Crippen molar-refractivity contribution in [1.29, 1.82) is 0 Å². The molecule has 6 heteroatoms. The lowest BCUT2D eigenvalue weighted by Crippen LogP contribution is -2.43. The van der Waals surface area contributed by atoms with Crippen LogP contribution in [0.5, 0.6) is 0 Å². The Morgan fingerprint density at radius 2 is 2.32 bits per heavy atom. The van der Waals surface area contributed by atoms with Gasteiger partial charge in [-0.15, -0.1) is 11.8 Å². The average Bonchev–Trinajstić information content (AvgIpc) is 2.87. The molecular weight excluding hydrogens is 260 g/mol. The molecule has 0 spiro atoms. The Hall–Kier alpha value is -1.30. The molecule has 1 aromatic rings. The number of hydrogen-bond donors (Lipinski definition) is 0. The van der Waals surface area contributed by atoms with Crippen molar-refractivity contribution in [2.24, 2.45) is 0 Å². The third kappa shape index (κ3) is 3.18. The van der Waals surface area contributed by atoms with Crippen LogP contribution in [0, 0.1) is 0 Å². The number of likely N-dealkylation sites (N-methyl/N-ethyl adjacent to an activating group) is 1. The Balaban J connectivity index is 2.20. The monoisotopic (exact) mass is 280 g/mol. The predicted molar refractivity (Wildman–Crippen MR) is 77.5 cm³/mol. The normalized spacial score (nSPS) is 18.7. The maximum atomic E-state index is 12.2. The highest BCUT2D eigenvalue weighted by Crippen LogP contribution is 2.26. The summed E-state index contributed by atoms with van der Waals surface area (Å²) in [7, 11) is 3.60. The number of thioether (sulfide) groups is 1. The van der Waals surface area contributed by atoms with Crippen LogP contribution in [0.4, 0.5) is 5.82 Å². The Kier molecular flexibility index (Phi) is 4.63. The van der Waals surface area contributed by atoms with E-state index in [0.29, 0.717) is 0 Å². The van der Waals surface area contributed by atoms with Crippen molar-refractivity contribution in [3.05, 3.63) is 12.4 Å². The molecule has 1 amide bonds. The van der Waals surface area contributed by atoms with Gasteiger partial charge in [-0.2, -0.15) is 0 Å². The summed E-state index contributed by atoms with van der Waals surface area (Å²) in [4.78, 5) is 24.7. The number of aromatic nitrogens is 2. The number of nitrogens with zero attached hydrogens (tertiary/aromatic N) is 4. The molecule has 0 unspecified atom stereocenters. The van der Waals surface area contributed by atoms with Gasteiger partial charge >= 0.3 is 0 Å². The Morgan fingerprint density at radius 3 is 3.00 bits per heavy atom. The highest BCUT2D eigenvalue weighted by atomic mass is 32.2. The van der Waals surface area contributed by atoms with E-state index in [4.69, 9.17) is 0 Å². The molecule has 0 N–H and O–H groups in total. The second-order valence-electron chi connectivity index (χ2n) is 4.73. The van der Waals surface area contributed by atoms with E-state index in [2.05, 4.69) is 21.8 Å². The second kappa shape index (κ2) is 6.23. The summed E-state index contributed by atoms with van der Waals surface area (Å²) in [6, 6.07) is -0.0915. The van der Waals surface area contributed by atoms with Gasteiger partial charge in [0.1, 0.15) is 16.9 Å². The van der Waals surface area contributed by atoms with E-state index in [-0.39, 0.29) is 11.9 Å². The Bertz CT molecular complexity index is 452. The van der Waals surface area contributed by atoms with E-state index in [0.717, 1.165) is 36.0 Å². The molecule has 0 bridgehead atoms. The van der Waals surface area contributed by atoms with E-state index < -0.39 is 0 Å². The van der Waals surface area contributed by atoms with Gasteiger partial charge in [-0.3, -0.25) is 9.78 Å². The molecule has 5 nitrogen and oxygen atoms in total. The molecule has 1 aliphatic rings. The summed E-state index contributed by atoms with van der Waals surface area (Å²) in [6.07, 6.45) is 5.44. The van der Waals surface area contributed by atoms with Crippen molar-refractivity contribution < 1.29 is 4.79 Å². The van der Waals surface area contributed by atoms with Crippen LogP contribution in [-0.2, 0) is 4.79 Å². The van der Waals surface area contributed by atoms with Crippen molar-refractivity contribution in [3.63, 3.8) is 0 Å². The number of amides is 1. The van der Waals surface area contributed by atoms with Gasteiger partial charge in [-0.1, -0.05) is 6.92 Å². The highest BCUT2D eigenvalue weighted by molar-refractivity contribution is 7.99. The van der Waals surface area contributed by atoms with Crippen molar-refractivity contribution in [1.82, 2.24) is 14.9 Å². The van der Waals surface area contributed by atoms with Crippen LogP contribution >= 0.6 is 11.8 Å². The topological polar surface area (TPSA) is 49.3 Å². The number of carbonyl (C=O) groups is 1. The van der Waals surface area contributed by atoms with Gasteiger partial charge in [0.05, 0.1) is 12.4 Å². The molecule has 0 saturated carbocycles. The smallest absolute Gasteiger partial charge is 0.244 e. The van der Waals surface area contributed by atoms with Gasteiger partial charge in [0.15, 0.2) is 0 Å². The van der Waals surface area contributed by atoms with Crippen LogP contribution in [0.1, 0.15) is 19.8 Å². The third-order valence-electron chi connectivity index (χ3n) is 3.16. The first kappa shape index (κ1) is 14.1. The fourth-order valence-electron chi connectivity index (χ4n) is 2.29. The van der Waals surface area contributed by atoms with E-state index in [1.165, 1.54) is 0 Å². The highest BCUT2D eigenvalue weighted by Gasteiger charge is 2.32. The van der Waals surface area contributed by atoms with E-state index in [1.54, 1.807) is 43.2 Å². The molecule has 1 aliphatic heterocycles. The average molecular weight is 280 g/mol. The lowest BCUT2D eigenvalue weighted by Gasteiger charge is -2.26. The predicted octanol–water partition coefficient (Wildman–Crippen LogP) is 1.65. The Morgan fingerprint density at radius 1 is 1.53 bits per heavy atom. The molecule has 19 heavy (non-hydrogen) atoms. The van der Waals surface area contributed by atoms with Crippen LogP contribution < -0.4 is 4.90 Å². The van der Waals surface area contributed by atoms with Gasteiger partial charge in [-0.25, -0.2) is 4.98 Å². The van der Waals surface area contributed by atoms with Crippen molar-refractivity contribution >= 4 is 23.5 Å². The quantitative estimate of drug-likeness (QED) is 0.785. The second-order valence-corrected chi connectivity index (χ2v) is 6.02. The molecule has 2 heterocycles. The minimum atomic E-state index is -0.0915. The largest absolute Gasteiger partial charge is 0.347 e. The van der Waals surface area contributed by atoms with Gasteiger partial charge in [-0.05, 0) is 18.6 Å². The summed E-state index contributed by atoms with van der Waals surface area (Å²) in [5.41, 5.74) is 0. The summed E-state index contributed by atoms with van der Waals surface area (Å²) < 4.78 is 0. The SMILES string of the molecule is CCSc1cncc(N2CCC[C@@H]2C(=O)N(C)C)n1. The number of rotatable bonds is 4. The van der Waals surface area contributed by atoms with Crippen molar-refractivity contribution in [2.75, 3.05) is 31.3 Å². The third-order valence-corrected chi connectivity index (χ3v) is 3.95. The number of hydrogen-bond acceptors (Lipinski definition) is 5. The zero-order chi connectivity index (χ0) is 13.8. The summed E-state index contributed by atoms with van der Waals surface area (Å²) in [5, 5.41) is 0.919. The summed E-state index contributed by atoms with van der Waals surface area (Å²) in [6.45, 7) is 2.96. The van der Waals surface area contributed by atoms with Crippen LogP contribution in [0.2, 0.25) is 0 Å². The fourth-order valence-corrected chi connectivity index (χ4v) is 2.88. The van der Waals surface area contributed by atoms with Gasteiger partial charge in [0, 0.05) is 20.6 Å². The van der Waals surface area contributed by atoms with E-state index >= 15 is 0 Å². The minimum Gasteiger partial charge on any atom is -0.347 e. The lowest BCUT2D eigenvalue weighted by atomic mass is 10.2.